The highest BCUT2D eigenvalue weighted by molar-refractivity contribution is 7.89. The largest absolute Gasteiger partial charge is 0.379 e. The van der Waals surface area contributed by atoms with E-state index < -0.39 is 10.0 Å². The van der Waals surface area contributed by atoms with Gasteiger partial charge in [-0.25, -0.2) is 8.42 Å². The van der Waals surface area contributed by atoms with Crippen molar-refractivity contribution in [2.45, 2.75) is 29.7 Å². The standard InChI is InChI=1S/C14H20N2O3S/c15-13-8-12(9-13)11-2-1-3-14(10-11)20(17,18)16-4-6-19-7-5-16/h1-3,10,12-13H,4-9,15H2. The van der Waals surface area contributed by atoms with Crippen LogP contribution in [0.4, 0.5) is 0 Å². The molecule has 2 aliphatic rings. The van der Waals surface area contributed by atoms with Gasteiger partial charge in [-0.2, -0.15) is 4.31 Å². The molecule has 1 aromatic rings. The van der Waals surface area contributed by atoms with Gasteiger partial charge in [0.25, 0.3) is 0 Å². The van der Waals surface area contributed by atoms with Gasteiger partial charge < -0.3 is 10.5 Å². The number of nitrogens with two attached hydrogens (primary N) is 1. The molecule has 0 spiro atoms. The van der Waals surface area contributed by atoms with E-state index in [1.165, 1.54) is 4.31 Å². The monoisotopic (exact) mass is 296 g/mol. The van der Waals surface area contributed by atoms with E-state index in [1.54, 1.807) is 12.1 Å². The van der Waals surface area contributed by atoms with Crippen molar-refractivity contribution in [1.82, 2.24) is 4.31 Å². The van der Waals surface area contributed by atoms with E-state index in [-0.39, 0.29) is 6.04 Å². The van der Waals surface area contributed by atoms with Crippen LogP contribution in [0.1, 0.15) is 24.3 Å². The summed E-state index contributed by atoms with van der Waals surface area (Å²) in [7, 11) is -3.39. The van der Waals surface area contributed by atoms with Crippen molar-refractivity contribution in [2.75, 3.05) is 26.3 Å². The molecule has 1 aliphatic heterocycles. The number of hydrogen-bond acceptors (Lipinski definition) is 4. The summed E-state index contributed by atoms with van der Waals surface area (Å²) in [6.45, 7) is 1.80. The van der Waals surface area contributed by atoms with Crippen LogP contribution < -0.4 is 5.73 Å². The van der Waals surface area contributed by atoms with Gasteiger partial charge in [-0.05, 0) is 36.5 Å². The number of nitrogens with zero attached hydrogens (tertiary/aromatic N) is 1. The summed E-state index contributed by atoms with van der Waals surface area (Å²) in [6.07, 6.45) is 1.89. The molecule has 1 saturated carbocycles. The lowest BCUT2D eigenvalue weighted by Gasteiger charge is -2.33. The fourth-order valence-corrected chi connectivity index (χ4v) is 4.26. The van der Waals surface area contributed by atoms with Gasteiger partial charge in [0.2, 0.25) is 10.0 Å². The number of hydrogen-bond donors (Lipinski definition) is 1. The highest BCUT2D eigenvalue weighted by atomic mass is 32.2. The molecule has 0 bridgehead atoms. The quantitative estimate of drug-likeness (QED) is 0.900. The smallest absolute Gasteiger partial charge is 0.243 e. The molecule has 110 valence electrons. The summed E-state index contributed by atoms with van der Waals surface area (Å²) in [5.41, 5.74) is 6.89. The van der Waals surface area contributed by atoms with Crippen LogP contribution in [0.3, 0.4) is 0 Å². The lowest BCUT2D eigenvalue weighted by Crippen LogP contribution is -2.40. The minimum Gasteiger partial charge on any atom is -0.379 e. The first-order valence-corrected chi connectivity index (χ1v) is 8.45. The van der Waals surface area contributed by atoms with Crippen LogP contribution in [0.25, 0.3) is 0 Å². The molecule has 2 N–H and O–H groups in total. The van der Waals surface area contributed by atoms with Crippen molar-refractivity contribution in [3.05, 3.63) is 29.8 Å². The fraction of sp³-hybridized carbons (Fsp3) is 0.571. The minimum absolute atomic E-state index is 0.263. The summed E-state index contributed by atoms with van der Waals surface area (Å²) >= 11 is 0. The molecule has 3 rings (SSSR count). The van der Waals surface area contributed by atoms with E-state index in [0.29, 0.717) is 37.1 Å². The maximum Gasteiger partial charge on any atom is 0.243 e. The van der Waals surface area contributed by atoms with Crippen molar-refractivity contribution in [2.24, 2.45) is 5.73 Å². The maximum atomic E-state index is 12.6. The topological polar surface area (TPSA) is 72.6 Å². The Bertz CT molecular complexity index is 576. The molecule has 2 fully saturated rings. The van der Waals surface area contributed by atoms with E-state index in [9.17, 15) is 8.42 Å². The van der Waals surface area contributed by atoms with Gasteiger partial charge in [0, 0.05) is 19.1 Å². The average Bonchev–Trinajstić information content (AvgIpc) is 2.45. The molecule has 0 radical (unpaired) electrons. The molecular formula is C14H20N2O3S. The van der Waals surface area contributed by atoms with Gasteiger partial charge in [-0.3, -0.25) is 0 Å². The molecule has 20 heavy (non-hydrogen) atoms. The summed E-state index contributed by atoms with van der Waals surface area (Å²) in [5.74, 6) is 0.407. The average molecular weight is 296 g/mol. The predicted molar refractivity (Wildman–Crippen MR) is 76.0 cm³/mol. The molecule has 5 nitrogen and oxygen atoms in total. The lowest BCUT2D eigenvalue weighted by atomic mass is 9.76. The summed E-state index contributed by atoms with van der Waals surface area (Å²) in [4.78, 5) is 0.386. The number of morpholine rings is 1. The molecule has 0 amide bonds. The molecule has 6 heteroatoms. The zero-order valence-corrected chi connectivity index (χ0v) is 12.2. The van der Waals surface area contributed by atoms with E-state index in [0.717, 1.165) is 18.4 Å². The first-order chi connectivity index (χ1) is 9.57. The van der Waals surface area contributed by atoms with Gasteiger partial charge in [-0.15, -0.1) is 0 Å². The number of benzene rings is 1. The number of sulfonamides is 1. The van der Waals surface area contributed by atoms with E-state index in [2.05, 4.69) is 0 Å². The second kappa shape index (κ2) is 5.44. The van der Waals surface area contributed by atoms with E-state index in [1.807, 2.05) is 12.1 Å². The van der Waals surface area contributed by atoms with Crippen molar-refractivity contribution in [3.8, 4) is 0 Å². The van der Waals surface area contributed by atoms with E-state index in [4.69, 9.17) is 10.5 Å². The number of rotatable bonds is 3. The molecule has 0 unspecified atom stereocenters. The Hall–Kier alpha value is -0.950. The predicted octanol–water partition coefficient (Wildman–Crippen LogP) is 0.912. The van der Waals surface area contributed by atoms with Crippen LogP contribution in [0.2, 0.25) is 0 Å². The third-order valence-corrected chi connectivity index (χ3v) is 6.01. The van der Waals surface area contributed by atoms with Crippen LogP contribution in [-0.4, -0.2) is 45.1 Å². The lowest BCUT2D eigenvalue weighted by molar-refractivity contribution is 0.0730. The summed E-state index contributed by atoms with van der Waals surface area (Å²) in [5, 5.41) is 0. The molecule has 1 saturated heterocycles. The highest BCUT2D eigenvalue weighted by Crippen LogP contribution is 2.36. The van der Waals surface area contributed by atoms with Crippen molar-refractivity contribution < 1.29 is 13.2 Å². The third kappa shape index (κ3) is 2.61. The Kier molecular flexibility index (Phi) is 3.81. The first kappa shape index (κ1) is 14.0. The Labute approximate surface area is 119 Å². The second-order valence-corrected chi connectivity index (χ2v) is 7.46. The SMILES string of the molecule is NC1CC(c2cccc(S(=O)(=O)N3CCOCC3)c2)C1. The Morgan fingerprint density at radius 1 is 1.20 bits per heavy atom. The van der Waals surface area contributed by atoms with Crippen LogP contribution >= 0.6 is 0 Å². The minimum atomic E-state index is -3.39. The summed E-state index contributed by atoms with van der Waals surface area (Å²) < 4.78 is 31.9. The molecule has 0 aromatic heterocycles. The molecule has 0 atom stereocenters. The van der Waals surface area contributed by atoms with Gasteiger partial charge >= 0.3 is 0 Å². The van der Waals surface area contributed by atoms with Gasteiger partial charge in [0.05, 0.1) is 18.1 Å². The Morgan fingerprint density at radius 2 is 1.90 bits per heavy atom. The van der Waals surface area contributed by atoms with Crippen molar-refractivity contribution >= 4 is 10.0 Å². The maximum absolute atomic E-state index is 12.6. The summed E-state index contributed by atoms with van der Waals surface area (Å²) in [6, 6.07) is 7.56. The van der Waals surface area contributed by atoms with Gasteiger partial charge in [0.15, 0.2) is 0 Å². The Morgan fingerprint density at radius 3 is 2.55 bits per heavy atom. The van der Waals surface area contributed by atoms with Gasteiger partial charge in [0.1, 0.15) is 0 Å². The van der Waals surface area contributed by atoms with Crippen LogP contribution in [0.5, 0.6) is 0 Å². The molecule has 1 heterocycles. The Balaban J connectivity index is 1.83. The normalized spacial score (nSPS) is 28.1. The van der Waals surface area contributed by atoms with Crippen molar-refractivity contribution in [1.29, 1.82) is 0 Å². The zero-order valence-electron chi connectivity index (χ0n) is 11.4. The van der Waals surface area contributed by atoms with Crippen LogP contribution in [0.15, 0.2) is 29.2 Å². The van der Waals surface area contributed by atoms with Gasteiger partial charge in [-0.1, -0.05) is 12.1 Å². The second-order valence-electron chi connectivity index (χ2n) is 5.52. The zero-order chi connectivity index (χ0) is 14.2. The highest BCUT2D eigenvalue weighted by Gasteiger charge is 2.30. The van der Waals surface area contributed by atoms with Crippen LogP contribution in [-0.2, 0) is 14.8 Å². The van der Waals surface area contributed by atoms with E-state index >= 15 is 0 Å². The number of ether oxygens (including phenoxy) is 1. The molecular weight excluding hydrogens is 276 g/mol. The van der Waals surface area contributed by atoms with Crippen molar-refractivity contribution in [3.63, 3.8) is 0 Å². The molecule has 1 aromatic carbocycles. The third-order valence-electron chi connectivity index (χ3n) is 4.11. The first-order valence-electron chi connectivity index (χ1n) is 7.01. The van der Waals surface area contributed by atoms with Crippen LogP contribution in [0, 0.1) is 0 Å². The molecule has 1 aliphatic carbocycles. The fourth-order valence-electron chi connectivity index (χ4n) is 2.80.